The van der Waals surface area contributed by atoms with Crippen LogP contribution in [0.4, 0.5) is 0 Å². The predicted molar refractivity (Wildman–Crippen MR) is 111 cm³/mol. The van der Waals surface area contributed by atoms with Crippen molar-refractivity contribution >= 4 is 29.6 Å². The summed E-state index contributed by atoms with van der Waals surface area (Å²) in [5.74, 6) is -4.61. The van der Waals surface area contributed by atoms with Crippen molar-refractivity contribution < 1.29 is 29.1 Å². The van der Waals surface area contributed by atoms with E-state index in [1.807, 2.05) is 30.3 Å². The van der Waals surface area contributed by atoms with Crippen molar-refractivity contribution in [1.82, 2.24) is 16.0 Å². The molecule has 0 spiro atoms. The minimum absolute atomic E-state index is 0.290. The molecule has 11 nitrogen and oxygen atoms in total. The first-order valence-corrected chi connectivity index (χ1v) is 9.69. The molecule has 3 atom stereocenters. The molecule has 31 heavy (non-hydrogen) atoms. The standard InChI is InChI=1S/C20H29N5O6/c1-11(2)17(25-18(28)13(21)8-12-6-4-3-5-7-12)19(29)23-10-16(27)24-14(20(30)31)9-15(22)26/h3-7,11,13-14,17H,8-10,21H2,1-2H3,(H2,22,26)(H,23,29)(H,24,27)(H,25,28)(H,30,31). The van der Waals surface area contributed by atoms with E-state index in [0.29, 0.717) is 0 Å². The van der Waals surface area contributed by atoms with Crippen molar-refractivity contribution in [2.75, 3.05) is 6.54 Å². The number of carboxylic acid groups (broad SMARTS) is 1. The Morgan fingerprint density at radius 3 is 2.13 bits per heavy atom. The summed E-state index contributed by atoms with van der Waals surface area (Å²) in [7, 11) is 0. The normalized spacial score (nSPS) is 13.5. The molecule has 0 saturated heterocycles. The van der Waals surface area contributed by atoms with E-state index < -0.39 is 60.7 Å². The largest absolute Gasteiger partial charge is 0.480 e. The number of carbonyl (C=O) groups is 5. The van der Waals surface area contributed by atoms with Crippen LogP contribution < -0.4 is 27.4 Å². The number of carboxylic acids is 1. The van der Waals surface area contributed by atoms with Crippen LogP contribution in [-0.2, 0) is 30.4 Å². The second-order valence-electron chi connectivity index (χ2n) is 7.37. The molecule has 1 aromatic carbocycles. The number of nitrogens with one attached hydrogen (secondary N) is 3. The van der Waals surface area contributed by atoms with E-state index in [2.05, 4.69) is 16.0 Å². The highest BCUT2D eigenvalue weighted by molar-refractivity contribution is 5.93. The Morgan fingerprint density at radius 2 is 1.61 bits per heavy atom. The van der Waals surface area contributed by atoms with E-state index >= 15 is 0 Å². The topological polar surface area (TPSA) is 194 Å². The molecule has 0 bridgehead atoms. The number of amides is 4. The van der Waals surface area contributed by atoms with Crippen molar-refractivity contribution in [1.29, 1.82) is 0 Å². The number of primary amides is 1. The number of hydrogen-bond donors (Lipinski definition) is 6. The van der Waals surface area contributed by atoms with E-state index in [-0.39, 0.29) is 12.3 Å². The number of hydrogen-bond acceptors (Lipinski definition) is 6. The lowest BCUT2D eigenvalue weighted by atomic mass is 10.0. The van der Waals surface area contributed by atoms with Crippen LogP contribution in [0.2, 0.25) is 0 Å². The number of aliphatic carboxylic acids is 1. The highest BCUT2D eigenvalue weighted by Gasteiger charge is 2.27. The van der Waals surface area contributed by atoms with Gasteiger partial charge in [0.25, 0.3) is 0 Å². The Bertz CT molecular complexity index is 799. The summed E-state index contributed by atoms with van der Waals surface area (Å²) < 4.78 is 0. The lowest BCUT2D eigenvalue weighted by Gasteiger charge is -2.23. The van der Waals surface area contributed by atoms with Gasteiger partial charge in [0.05, 0.1) is 19.0 Å². The van der Waals surface area contributed by atoms with Crippen LogP contribution in [0.5, 0.6) is 0 Å². The van der Waals surface area contributed by atoms with Crippen molar-refractivity contribution in [3.05, 3.63) is 35.9 Å². The molecule has 0 aliphatic carbocycles. The minimum Gasteiger partial charge on any atom is -0.480 e. The molecule has 1 aromatic rings. The average Bonchev–Trinajstić information content (AvgIpc) is 2.69. The molecule has 0 aliphatic heterocycles. The molecular formula is C20H29N5O6. The Morgan fingerprint density at radius 1 is 1.00 bits per heavy atom. The summed E-state index contributed by atoms with van der Waals surface area (Å²) in [6, 6.07) is 5.84. The van der Waals surface area contributed by atoms with Crippen LogP contribution in [0.25, 0.3) is 0 Å². The van der Waals surface area contributed by atoms with E-state index in [1.165, 1.54) is 0 Å². The number of nitrogens with two attached hydrogens (primary N) is 2. The highest BCUT2D eigenvalue weighted by atomic mass is 16.4. The molecule has 11 heteroatoms. The minimum atomic E-state index is -1.50. The Hall–Kier alpha value is -3.47. The van der Waals surface area contributed by atoms with Crippen LogP contribution in [0.1, 0.15) is 25.8 Å². The maximum atomic E-state index is 12.5. The fraction of sp³-hybridized carbons (Fsp3) is 0.450. The van der Waals surface area contributed by atoms with Gasteiger partial charge in [0, 0.05) is 0 Å². The summed E-state index contributed by atoms with van der Waals surface area (Å²) in [6.45, 7) is 2.87. The van der Waals surface area contributed by atoms with Crippen LogP contribution >= 0.6 is 0 Å². The third-order valence-electron chi connectivity index (χ3n) is 4.34. The summed E-state index contributed by atoms with van der Waals surface area (Å²) in [5, 5.41) is 16.0. The molecule has 1 rings (SSSR count). The van der Waals surface area contributed by atoms with Gasteiger partial charge in [-0.15, -0.1) is 0 Å². The monoisotopic (exact) mass is 435 g/mol. The van der Waals surface area contributed by atoms with Gasteiger partial charge in [-0.2, -0.15) is 0 Å². The smallest absolute Gasteiger partial charge is 0.326 e. The molecule has 8 N–H and O–H groups in total. The van der Waals surface area contributed by atoms with Gasteiger partial charge in [-0.3, -0.25) is 19.2 Å². The number of carbonyl (C=O) groups excluding carboxylic acids is 4. The van der Waals surface area contributed by atoms with Crippen LogP contribution in [0, 0.1) is 5.92 Å². The first-order valence-electron chi connectivity index (χ1n) is 9.69. The molecule has 170 valence electrons. The maximum absolute atomic E-state index is 12.5. The van der Waals surface area contributed by atoms with Crippen LogP contribution in [0.15, 0.2) is 30.3 Å². The Balaban J connectivity index is 2.62. The zero-order valence-corrected chi connectivity index (χ0v) is 17.5. The van der Waals surface area contributed by atoms with Gasteiger partial charge in [0.15, 0.2) is 0 Å². The summed E-state index contributed by atoms with van der Waals surface area (Å²) in [6.07, 6.45) is -0.295. The van der Waals surface area contributed by atoms with E-state index in [4.69, 9.17) is 16.6 Å². The van der Waals surface area contributed by atoms with Gasteiger partial charge in [-0.05, 0) is 17.9 Å². The highest BCUT2D eigenvalue weighted by Crippen LogP contribution is 2.05. The lowest BCUT2D eigenvalue weighted by molar-refractivity contribution is -0.143. The zero-order chi connectivity index (χ0) is 23.6. The first kappa shape index (κ1) is 25.6. The van der Waals surface area contributed by atoms with Gasteiger partial charge >= 0.3 is 5.97 Å². The predicted octanol–water partition coefficient (Wildman–Crippen LogP) is -1.74. The lowest BCUT2D eigenvalue weighted by Crippen LogP contribution is -2.55. The van der Waals surface area contributed by atoms with Crippen LogP contribution in [-0.4, -0.2) is 59.4 Å². The number of rotatable bonds is 12. The third kappa shape index (κ3) is 9.26. The molecule has 0 fully saturated rings. The van der Waals surface area contributed by atoms with Gasteiger partial charge in [-0.1, -0.05) is 44.2 Å². The molecule has 4 amide bonds. The fourth-order valence-corrected chi connectivity index (χ4v) is 2.68. The van der Waals surface area contributed by atoms with Crippen molar-refractivity contribution in [2.45, 2.75) is 44.8 Å². The van der Waals surface area contributed by atoms with Gasteiger partial charge < -0.3 is 32.5 Å². The molecule has 0 radical (unpaired) electrons. The van der Waals surface area contributed by atoms with Crippen molar-refractivity contribution in [3.63, 3.8) is 0 Å². The van der Waals surface area contributed by atoms with Crippen molar-refractivity contribution in [2.24, 2.45) is 17.4 Å². The van der Waals surface area contributed by atoms with Crippen LogP contribution in [0.3, 0.4) is 0 Å². The van der Waals surface area contributed by atoms with E-state index in [1.54, 1.807) is 13.8 Å². The second kappa shape index (κ2) is 12.3. The Labute approximate surface area is 179 Å². The van der Waals surface area contributed by atoms with Gasteiger partial charge in [0.1, 0.15) is 12.1 Å². The average molecular weight is 435 g/mol. The van der Waals surface area contributed by atoms with Gasteiger partial charge in [-0.25, -0.2) is 4.79 Å². The molecule has 0 aliphatic rings. The summed E-state index contributed by atoms with van der Waals surface area (Å²) in [4.78, 5) is 58.8. The number of benzene rings is 1. The summed E-state index contributed by atoms with van der Waals surface area (Å²) >= 11 is 0. The van der Waals surface area contributed by atoms with Gasteiger partial charge in [0.2, 0.25) is 23.6 Å². The van der Waals surface area contributed by atoms with E-state index in [9.17, 15) is 24.0 Å². The zero-order valence-electron chi connectivity index (χ0n) is 17.5. The molecule has 3 unspecified atom stereocenters. The first-order chi connectivity index (χ1) is 14.5. The van der Waals surface area contributed by atoms with E-state index in [0.717, 1.165) is 5.56 Å². The third-order valence-corrected chi connectivity index (χ3v) is 4.34. The molecular weight excluding hydrogens is 406 g/mol. The molecule has 0 saturated carbocycles. The van der Waals surface area contributed by atoms with Crippen molar-refractivity contribution in [3.8, 4) is 0 Å². The fourth-order valence-electron chi connectivity index (χ4n) is 2.68. The second-order valence-corrected chi connectivity index (χ2v) is 7.37. The quantitative estimate of drug-likeness (QED) is 0.224. The Kier molecular flexibility index (Phi) is 10.1. The molecule has 0 heterocycles. The SMILES string of the molecule is CC(C)C(NC(=O)C(N)Cc1ccccc1)C(=O)NCC(=O)NC(CC(N)=O)C(=O)O. The molecule has 0 aromatic heterocycles. The summed E-state index contributed by atoms with van der Waals surface area (Å²) in [5.41, 5.74) is 11.8. The maximum Gasteiger partial charge on any atom is 0.326 e.